The van der Waals surface area contributed by atoms with Crippen LogP contribution in [0.3, 0.4) is 0 Å². The van der Waals surface area contributed by atoms with E-state index in [2.05, 4.69) is 11.1 Å². The lowest BCUT2D eigenvalue weighted by Crippen LogP contribution is -2.10. The van der Waals surface area contributed by atoms with Gasteiger partial charge in [-0.2, -0.15) is 5.26 Å². The largest absolute Gasteiger partial charge is 0.423 e. The molecular formula is C24H15FN2O2. The first-order valence-electron chi connectivity index (χ1n) is 8.93. The summed E-state index contributed by atoms with van der Waals surface area (Å²) in [5.41, 5.74) is 3.93. The molecule has 0 atom stereocenters. The van der Waals surface area contributed by atoms with E-state index < -0.39 is 11.8 Å². The first kappa shape index (κ1) is 18.3. The van der Waals surface area contributed by atoms with Crippen LogP contribution in [0, 0.1) is 24.1 Å². The van der Waals surface area contributed by atoms with Crippen LogP contribution in [0.4, 0.5) is 4.39 Å². The predicted molar refractivity (Wildman–Crippen MR) is 108 cm³/mol. The van der Waals surface area contributed by atoms with Crippen LogP contribution in [0.25, 0.3) is 22.0 Å². The normalized spacial score (nSPS) is 10.5. The van der Waals surface area contributed by atoms with Crippen molar-refractivity contribution in [1.82, 2.24) is 4.98 Å². The fraction of sp³-hybridized carbons (Fsp3) is 0.0417. The molecule has 5 heteroatoms. The molecule has 1 heterocycles. The van der Waals surface area contributed by atoms with Crippen molar-refractivity contribution >= 4 is 16.9 Å². The molecule has 0 bridgehead atoms. The molecule has 3 aromatic carbocycles. The highest BCUT2D eigenvalue weighted by atomic mass is 19.1. The van der Waals surface area contributed by atoms with Gasteiger partial charge in [0.25, 0.3) is 0 Å². The Morgan fingerprint density at radius 3 is 2.28 bits per heavy atom. The van der Waals surface area contributed by atoms with E-state index in [1.165, 1.54) is 12.1 Å². The van der Waals surface area contributed by atoms with Crippen molar-refractivity contribution in [3.05, 3.63) is 95.4 Å². The summed E-state index contributed by atoms with van der Waals surface area (Å²) in [6.07, 6.45) is 0. The van der Waals surface area contributed by atoms with Crippen molar-refractivity contribution in [1.29, 1.82) is 5.26 Å². The molecule has 1 aromatic heterocycles. The molecule has 140 valence electrons. The lowest BCUT2D eigenvalue weighted by atomic mass is 10.0. The van der Waals surface area contributed by atoms with Crippen LogP contribution in [0.5, 0.6) is 5.75 Å². The molecule has 4 nitrogen and oxygen atoms in total. The molecule has 0 aliphatic carbocycles. The summed E-state index contributed by atoms with van der Waals surface area (Å²) in [4.78, 5) is 17.0. The van der Waals surface area contributed by atoms with Crippen molar-refractivity contribution < 1.29 is 13.9 Å². The Morgan fingerprint density at radius 2 is 1.62 bits per heavy atom. The van der Waals surface area contributed by atoms with E-state index in [-0.39, 0.29) is 5.56 Å². The maximum Gasteiger partial charge on any atom is 0.344 e. The van der Waals surface area contributed by atoms with Gasteiger partial charge in [-0.3, -0.25) is 4.98 Å². The number of nitrogens with zero attached hydrogens (tertiary/aromatic N) is 2. The van der Waals surface area contributed by atoms with Crippen LogP contribution in [-0.2, 0) is 0 Å². The van der Waals surface area contributed by atoms with Gasteiger partial charge in [0.2, 0.25) is 0 Å². The van der Waals surface area contributed by atoms with Crippen LogP contribution < -0.4 is 4.74 Å². The Bertz CT molecular complexity index is 1260. The SMILES string of the molecule is Cc1cc(C(=O)Oc2ccc(-c3ccc(C#N)cc3)cc2)c2cc(F)ccc2n1. The highest BCUT2D eigenvalue weighted by molar-refractivity contribution is 6.04. The van der Waals surface area contributed by atoms with Crippen molar-refractivity contribution in [3.63, 3.8) is 0 Å². The van der Waals surface area contributed by atoms with E-state index in [0.717, 1.165) is 11.1 Å². The van der Waals surface area contributed by atoms with Gasteiger partial charge in [-0.15, -0.1) is 0 Å². The van der Waals surface area contributed by atoms with Crippen LogP contribution in [0.15, 0.2) is 72.8 Å². The van der Waals surface area contributed by atoms with Gasteiger partial charge in [0.15, 0.2) is 0 Å². The molecule has 0 spiro atoms. The second-order valence-corrected chi connectivity index (χ2v) is 6.58. The fourth-order valence-electron chi connectivity index (χ4n) is 3.11. The first-order chi connectivity index (χ1) is 14.0. The van der Waals surface area contributed by atoms with E-state index in [4.69, 9.17) is 10.00 Å². The van der Waals surface area contributed by atoms with E-state index >= 15 is 0 Å². The molecule has 0 N–H and O–H groups in total. The third-order valence-electron chi connectivity index (χ3n) is 4.53. The van der Waals surface area contributed by atoms with Crippen molar-refractivity contribution in [3.8, 4) is 22.9 Å². The van der Waals surface area contributed by atoms with E-state index in [0.29, 0.717) is 27.9 Å². The zero-order chi connectivity index (χ0) is 20.4. The summed E-state index contributed by atoms with van der Waals surface area (Å²) in [7, 11) is 0. The number of pyridine rings is 1. The summed E-state index contributed by atoms with van der Waals surface area (Å²) < 4.78 is 19.2. The minimum absolute atomic E-state index is 0.267. The molecule has 0 unspecified atom stereocenters. The van der Waals surface area contributed by atoms with Gasteiger partial charge in [-0.25, -0.2) is 9.18 Å². The number of rotatable bonds is 3. The molecular weight excluding hydrogens is 367 g/mol. The number of nitriles is 1. The third kappa shape index (κ3) is 3.83. The maximum absolute atomic E-state index is 13.7. The number of hydrogen-bond acceptors (Lipinski definition) is 4. The number of carbonyl (C=O) groups excluding carboxylic acids is 1. The summed E-state index contributed by atoms with van der Waals surface area (Å²) in [5, 5.41) is 9.30. The molecule has 29 heavy (non-hydrogen) atoms. The molecule has 0 aliphatic rings. The third-order valence-corrected chi connectivity index (χ3v) is 4.53. The fourth-order valence-corrected chi connectivity index (χ4v) is 3.11. The molecule has 0 saturated heterocycles. The van der Waals surface area contributed by atoms with E-state index in [1.54, 1.807) is 43.3 Å². The Balaban J connectivity index is 1.60. The number of benzene rings is 3. The Hall–Kier alpha value is -4.04. The topological polar surface area (TPSA) is 63.0 Å². The van der Waals surface area contributed by atoms with Crippen LogP contribution >= 0.6 is 0 Å². The van der Waals surface area contributed by atoms with E-state index in [1.807, 2.05) is 24.3 Å². The van der Waals surface area contributed by atoms with Gasteiger partial charge < -0.3 is 4.74 Å². The van der Waals surface area contributed by atoms with Gasteiger partial charge >= 0.3 is 5.97 Å². The van der Waals surface area contributed by atoms with Crippen LogP contribution in [-0.4, -0.2) is 11.0 Å². The molecule has 4 aromatic rings. The number of halogens is 1. The zero-order valence-corrected chi connectivity index (χ0v) is 15.5. The molecule has 4 rings (SSSR count). The van der Waals surface area contributed by atoms with Gasteiger partial charge in [-0.05, 0) is 66.6 Å². The van der Waals surface area contributed by atoms with Crippen molar-refractivity contribution in [2.45, 2.75) is 6.92 Å². The Labute approximate surface area is 166 Å². The summed E-state index contributed by atoms with van der Waals surface area (Å²) in [5.74, 6) is -0.632. The minimum atomic E-state index is -0.572. The lowest BCUT2D eigenvalue weighted by Gasteiger charge is -2.09. The molecule has 0 aliphatic heterocycles. The highest BCUT2D eigenvalue weighted by Gasteiger charge is 2.15. The second-order valence-electron chi connectivity index (χ2n) is 6.58. The standard InChI is InChI=1S/C24H15FN2O2/c1-15-12-22(21-13-19(25)8-11-23(21)27-15)24(28)29-20-9-6-18(7-10-20)17-4-2-16(14-26)3-5-17/h2-13H,1H3. The number of aromatic nitrogens is 1. The van der Waals surface area contributed by atoms with Gasteiger partial charge in [-0.1, -0.05) is 24.3 Å². The number of esters is 1. The number of fused-ring (bicyclic) bond motifs is 1. The lowest BCUT2D eigenvalue weighted by molar-refractivity contribution is 0.0736. The number of aryl methyl sites for hydroxylation is 1. The average molecular weight is 382 g/mol. The smallest absolute Gasteiger partial charge is 0.344 e. The molecule has 0 radical (unpaired) electrons. The molecule has 0 saturated carbocycles. The summed E-state index contributed by atoms with van der Waals surface area (Å²) in [6.45, 7) is 1.77. The monoisotopic (exact) mass is 382 g/mol. The average Bonchev–Trinajstić information content (AvgIpc) is 2.74. The number of ether oxygens (including phenoxy) is 1. The highest BCUT2D eigenvalue weighted by Crippen LogP contribution is 2.25. The molecule has 0 amide bonds. The molecule has 0 fully saturated rings. The van der Waals surface area contributed by atoms with Crippen molar-refractivity contribution in [2.24, 2.45) is 0 Å². The van der Waals surface area contributed by atoms with Gasteiger partial charge in [0, 0.05) is 11.1 Å². The minimum Gasteiger partial charge on any atom is -0.423 e. The van der Waals surface area contributed by atoms with Crippen molar-refractivity contribution in [2.75, 3.05) is 0 Å². The Kier molecular flexibility index (Phi) is 4.76. The first-order valence-corrected chi connectivity index (χ1v) is 8.93. The quantitative estimate of drug-likeness (QED) is 0.350. The summed E-state index contributed by atoms with van der Waals surface area (Å²) >= 11 is 0. The number of hydrogen-bond donors (Lipinski definition) is 0. The predicted octanol–water partition coefficient (Wildman–Crippen LogP) is 5.44. The van der Waals surface area contributed by atoms with Gasteiger partial charge in [0.05, 0.1) is 22.7 Å². The van der Waals surface area contributed by atoms with Crippen LogP contribution in [0.1, 0.15) is 21.6 Å². The Morgan fingerprint density at radius 1 is 0.966 bits per heavy atom. The maximum atomic E-state index is 13.7. The van der Waals surface area contributed by atoms with Crippen LogP contribution in [0.2, 0.25) is 0 Å². The zero-order valence-electron chi connectivity index (χ0n) is 15.5. The number of carbonyl (C=O) groups is 1. The van der Waals surface area contributed by atoms with E-state index in [9.17, 15) is 9.18 Å². The summed E-state index contributed by atoms with van der Waals surface area (Å²) in [6, 6.07) is 22.1. The second kappa shape index (κ2) is 7.53. The van der Waals surface area contributed by atoms with Gasteiger partial charge in [0.1, 0.15) is 11.6 Å².